The second kappa shape index (κ2) is 4.39. The molecule has 1 aromatic carbocycles. The van der Waals surface area contributed by atoms with Crippen LogP contribution in [-0.4, -0.2) is 42.3 Å². The molecular weight excluding hydrogens is 224 g/mol. The Morgan fingerprint density at radius 3 is 2.67 bits per heavy atom. The van der Waals surface area contributed by atoms with E-state index in [-0.39, 0.29) is 5.54 Å². The molecule has 1 N–H and O–H groups in total. The molecule has 0 atom stereocenters. The van der Waals surface area contributed by atoms with Crippen molar-refractivity contribution in [3.05, 3.63) is 35.4 Å². The van der Waals surface area contributed by atoms with Gasteiger partial charge in [-0.05, 0) is 25.5 Å². The molecule has 0 bridgehead atoms. The van der Waals surface area contributed by atoms with Crippen LogP contribution >= 0.6 is 0 Å². The molecule has 0 unspecified atom stereocenters. The number of nitrogens with one attached hydrogen (secondary N) is 1. The van der Waals surface area contributed by atoms with Gasteiger partial charge in [0.25, 0.3) is 5.84 Å². The number of hydrogen-bond donors (Lipinski definition) is 1. The summed E-state index contributed by atoms with van der Waals surface area (Å²) in [6, 6.07) is 8.73. The Kier molecular flexibility index (Phi) is 2.86. The first-order valence-electron chi connectivity index (χ1n) is 6.72. The van der Waals surface area contributed by atoms with Crippen LogP contribution < -0.4 is 5.32 Å². The predicted octanol–water partition coefficient (Wildman–Crippen LogP) is 1.40. The Morgan fingerprint density at radius 1 is 1.17 bits per heavy atom. The highest BCUT2D eigenvalue weighted by Gasteiger charge is 2.35. The summed E-state index contributed by atoms with van der Waals surface area (Å²) in [4.78, 5) is 0. The minimum absolute atomic E-state index is 0.127. The molecule has 0 spiro atoms. The van der Waals surface area contributed by atoms with Crippen LogP contribution in [0.5, 0.6) is 0 Å². The van der Waals surface area contributed by atoms with Crippen LogP contribution in [0, 0.1) is 0 Å². The Hall–Kier alpha value is -1.35. The number of morpholine rings is 1. The number of fused-ring (bicyclic) bond motifs is 1. The van der Waals surface area contributed by atoms with Crippen LogP contribution in [0.25, 0.3) is 0 Å². The second-order valence-electron chi connectivity index (χ2n) is 5.79. The van der Waals surface area contributed by atoms with Gasteiger partial charge in [-0.25, -0.2) is 0 Å². The maximum absolute atomic E-state index is 5.45. The standard InChI is InChI=1S/C15H20N2O/c1-15(2)11-12-5-3-4-6-13(12)14(16-15)17-7-9-18-10-8-17/h3-6H,7-11H2,1-2H3/p+1. The molecular formula is C15H21N2O+. The maximum Gasteiger partial charge on any atom is 0.277 e. The summed E-state index contributed by atoms with van der Waals surface area (Å²) >= 11 is 0. The van der Waals surface area contributed by atoms with Crippen LogP contribution in [0.15, 0.2) is 24.3 Å². The lowest BCUT2D eigenvalue weighted by Crippen LogP contribution is -2.54. The molecule has 1 fully saturated rings. The normalized spacial score (nSPS) is 22.3. The van der Waals surface area contributed by atoms with Crippen LogP contribution in [0.4, 0.5) is 0 Å². The van der Waals surface area contributed by atoms with Crippen LogP contribution in [0.2, 0.25) is 0 Å². The average Bonchev–Trinajstić information content (AvgIpc) is 2.38. The Labute approximate surface area is 108 Å². The lowest BCUT2D eigenvalue weighted by atomic mass is 9.87. The first kappa shape index (κ1) is 11.7. The van der Waals surface area contributed by atoms with Gasteiger partial charge in [0.15, 0.2) is 0 Å². The van der Waals surface area contributed by atoms with E-state index in [4.69, 9.17) is 4.74 Å². The Balaban J connectivity index is 2.08. The van der Waals surface area contributed by atoms with E-state index in [1.165, 1.54) is 17.0 Å². The average molecular weight is 245 g/mol. The van der Waals surface area contributed by atoms with Crippen LogP contribution in [-0.2, 0) is 11.2 Å². The number of nitrogens with zero attached hydrogens (tertiary/aromatic N) is 1. The van der Waals surface area contributed by atoms with Crippen LogP contribution in [0.1, 0.15) is 25.0 Å². The lowest BCUT2D eigenvalue weighted by Gasteiger charge is -2.31. The summed E-state index contributed by atoms with van der Waals surface area (Å²) in [6.07, 6.45) is 1.08. The van der Waals surface area contributed by atoms with Gasteiger partial charge < -0.3 is 4.74 Å². The van der Waals surface area contributed by atoms with Gasteiger partial charge in [0.2, 0.25) is 0 Å². The zero-order valence-corrected chi connectivity index (χ0v) is 11.2. The van der Waals surface area contributed by atoms with E-state index in [1.54, 1.807) is 0 Å². The van der Waals surface area contributed by atoms with Crippen molar-refractivity contribution < 1.29 is 9.31 Å². The molecule has 3 rings (SSSR count). The van der Waals surface area contributed by atoms with E-state index < -0.39 is 0 Å². The molecule has 2 aliphatic heterocycles. The minimum Gasteiger partial charge on any atom is -0.373 e. The number of benzene rings is 1. The van der Waals surface area contributed by atoms with Gasteiger partial charge in [-0.1, -0.05) is 18.2 Å². The summed E-state index contributed by atoms with van der Waals surface area (Å²) in [6.45, 7) is 8.15. The maximum atomic E-state index is 5.45. The smallest absolute Gasteiger partial charge is 0.277 e. The van der Waals surface area contributed by atoms with E-state index in [0.717, 1.165) is 32.7 Å². The fourth-order valence-electron chi connectivity index (χ4n) is 2.85. The summed E-state index contributed by atoms with van der Waals surface area (Å²) in [5.74, 6) is 1.28. The number of ether oxygens (including phenoxy) is 1. The molecule has 0 aromatic heterocycles. The summed E-state index contributed by atoms with van der Waals surface area (Å²) in [5.41, 5.74) is 2.93. The molecule has 2 aliphatic rings. The number of rotatable bonds is 0. The SMILES string of the molecule is CC1(C)Cc2ccccc2C(=[N+]2CCOCC2)N1. The van der Waals surface area contributed by atoms with Crippen molar-refractivity contribution in [3.63, 3.8) is 0 Å². The summed E-state index contributed by atoms with van der Waals surface area (Å²) in [5, 5.41) is 3.71. The predicted molar refractivity (Wildman–Crippen MR) is 72.3 cm³/mol. The molecule has 2 heterocycles. The summed E-state index contributed by atoms with van der Waals surface area (Å²) in [7, 11) is 0. The van der Waals surface area contributed by atoms with Gasteiger partial charge >= 0.3 is 0 Å². The van der Waals surface area contributed by atoms with E-state index in [9.17, 15) is 0 Å². The molecule has 96 valence electrons. The van der Waals surface area contributed by atoms with E-state index in [2.05, 4.69) is 48.0 Å². The van der Waals surface area contributed by atoms with Crippen molar-refractivity contribution in [2.45, 2.75) is 25.8 Å². The van der Waals surface area contributed by atoms with E-state index >= 15 is 0 Å². The van der Waals surface area contributed by atoms with Gasteiger partial charge in [-0.3, -0.25) is 9.89 Å². The van der Waals surface area contributed by atoms with Crippen molar-refractivity contribution in [2.75, 3.05) is 26.3 Å². The number of hydrogen-bond acceptors (Lipinski definition) is 1. The molecule has 18 heavy (non-hydrogen) atoms. The molecule has 1 saturated heterocycles. The van der Waals surface area contributed by atoms with Crippen molar-refractivity contribution in [1.29, 1.82) is 0 Å². The molecule has 0 amide bonds. The first-order chi connectivity index (χ1) is 8.66. The van der Waals surface area contributed by atoms with Crippen molar-refractivity contribution >= 4 is 5.84 Å². The fourth-order valence-corrected chi connectivity index (χ4v) is 2.85. The molecule has 1 aromatic rings. The zero-order valence-electron chi connectivity index (χ0n) is 11.2. The Morgan fingerprint density at radius 2 is 1.89 bits per heavy atom. The molecule has 3 nitrogen and oxygen atoms in total. The summed E-state index contributed by atoms with van der Waals surface area (Å²) < 4.78 is 7.87. The molecule has 3 heteroatoms. The van der Waals surface area contributed by atoms with Crippen molar-refractivity contribution in [2.24, 2.45) is 0 Å². The van der Waals surface area contributed by atoms with Crippen LogP contribution in [0.3, 0.4) is 0 Å². The number of amidine groups is 1. The Bertz CT molecular complexity index is 483. The quantitative estimate of drug-likeness (QED) is 0.699. The highest BCUT2D eigenvalue weighted by atomic mass is 16.5. The molecule has 0 aliphatic carbocycles. The van der Waals surface area contributed by atoms with Crippen molar-refractivity contribution in [3.8, 4) is 0 Å². The van der Waals surface area contributed by atoms with Crippen molar-refractivity contribution in [1.82, 2.24) is 5.32 Å². The molecule has 0 saturated carbocycles. The lowest BCUT2D eigenvalue weighted by molar-refractivity contribution is -0.551. The van der Waals surface area contributed by atoms with Gasteiger partial charge in [0, 0.05) is 6.42 Å². The zero-order chi connectivity index (χ0) is 12.6. The highest BCUT2D eigenvalue weighted by Crippen LogP contribution is 2.23. The monoisotopic (exact) mass is 245 g/mol. The molecule has 0 radical (unpaired) electrons. The van der Waals surface area contributed by atoms with E-state index in [1.807, 2.05) is 0 Å². The van der Waals surface area contributed by atoms with E-state index in [0.29, 0.717) is 0 Å². The highest BCUT2D eigenvalue weighted by molar-refractivity contribution is 5.98. The topological polar surface area (TPSA) is 24.3 Å². The van der Waals surface area contributed by atoms with Gasteiger partial charge in [0.1, 0.15) is 18.6 Å². The van der Waals surface area contributed by atoms with Gasteiger partial charge in [-0.2, -0.15) is 0 Å². The van der Waals surface area contributed by atoms with Gasteiger partial charge in [0.05, 0.1) is 18.8 Å². The third kappa shape index (κ3) is 2.15. The first-order valence-corrected chi connectivity index (χ1v) is 6.72. The largest absolute Gasteiger partial charge is 0.373 e. The third-order valence-electron chi connectivity index (χ3n) is 3.69. The second-order valence-corrected chi connectivity index (χ2v) is 5.79. The minimum atomic E-state index is 0.127. The third-order valence-corrected chi connectivity index (χ3v) is 3.69. The fraction of sp³-hybridized carbons (Fsp3) is 0.533. The van der Waals surface area contributed by atoms with Gasteiger partial charge in [-0.15, -0.1) is 0 Å².